The molecule has 26 heavy (non-hydrogen) atoms. The summed E-state index contributed by atoms with van der Waals surface area (Å²) in [7, 11) is 0. The Bertz CT molecular complexity index is 973. The molecule has 2 N–H and O–H groups in total. The normalized spacial score (nSPS) is 12.5. The smallest absolute Gasteiger partial charge is 0.272 e. The van der Waals surface area contributed by atoms with Crippen LogP contribution in [-0.2, 0) is 17.9 Å². The Morgan fingerprint density at radius 1 is 1.23 bits per heavy atom. The van der Waals surface area contributed by atoms with E-state index >= 15 is 0 Å². The van der Waals surface area contributed by atoms with E-state index in [1.54, 1.807) is 31.6 Å². The first-order valence-electron chi connectivity index (χ1n) is 8.71. The predicted molar refractivity (Wildman–Crippen MR) is 99.7 cm³/mol. The van der Waals surface area contributed by atoms with Gasteiger partial charge in [0.25, 0.3) is 5.56 Å². The van der Waals surface area contributed by atoms with Crippen molar-refractivity contribution in [2.75, 3.05) is 0 Å². The second kappa shape index (κ2) is 7.51. The molecule has 0 aliphatic rings. The van der Waals surface area contributed by atoms with E-state index in [0.717, 1.165) is 12.2 Å². The summed E-state index contributed by atoms with van der Waals surface area (Å²) in [5, 5.41) is 10.8. The van der Waals surface area contributed by atoms with Crippen LogP contribution in [0.15, 0.2) is 41.6 Å². The van der Waals surface area contributed by atoms with Gasteiger partial charge in [-0.15, -0.1) is 0 Å². The molecule has 0 unspecified atom stereocenters. The highest BCUT2D eigenvalue weighted by molar-refractivity contribution is 5.90. The van der Waals surface area contributed by atoms with Crippen molar-refractivity contribution >= 4 is 16.7 Å². The van der Waals surface area contributed by atoms with Crippen LogP contribution in [-0.4, -0.2) is 25.7 Å². The van der Waals surface area contributed by atoms with Crippen molar-refractivity contribution in [1.82, 2.24) is 25.1 Å². The largest absolute Gasteiger partial charge is 0.350 e. The lowest BCUT2D eigenvalue weighted by molar-refractivity contribution is -0.122. The molecule has 0 aliphatic heterocycles. The molecule has 7 nitrogen and oxygen atoms in total. The summed E-state index contributed by atoms with van der Waals surface area (Å²) in [4.78, 5) is 28.7. The second-order valence-corrected chi connectivity index (χ2v) is 6.85. The first-order chi connectivity index (χ1) is 12.5. The van der Waals surface area contributed by atoms with Crippen LogP contribution < -0.4 is 10.9 Å². The molecule has 0 saturated heterocycles. The first-order valence-corrected chi connectivity index (χ1v) is 8.71. The van der Waals surface area contributed by atoms with Crippen molar-refractivity contribution in [1.29, 1.82) is 0 Å². The number of benzene rings is 1. The van der Waals surface area contributed by atoms with E-state index in [0.29, 0.717) is 28.9 Å². The number of amides is 1. The molecule has 0 spiro atoms. The molecule has 7 heteroatoms. The summed E-state index contributed by atoms with van der Waals surface area (Å²) in [6.07, 6.45) is 3.54. The number of nitrogens with zero attached hydrogens (tertiary/aromatic N) is 3. The number of fused-ring (bicyclic) bond motifs is 1. The van der Waals surface area contributed by atoms with Crippen LogP contribution in [0.2, 0.25) is 0 Å². The van der Waals surface area contributed by atoms with Crippen LogP contribution in [0.5, 0.6) is 0 Å². The fraction of sp³-hybridized carbons (Fsp3) is 0.368. The second-order valence-electron chi connectivity index (χ2n) is 6.85. The van der Waals surface area contributed by atoms with E-state index < -0.39 is 5.92 Å². The Labute approximate surface area is 151 Å². The third-order valence-electron chi connectivity index (χ3n) is 4.33. The maximum atomic E-state index is 12.6. The van der Waals surface area contributed by atoms with E-state index in [1.165, 1.54) is 0 Å². The van der Waals surface area contributed by atoms with Gasteiger partial charge in [0.1, 0.15) is 0 Å². The topological polar surface area (TPSA) is 92.7 Å². The van der Waals surface area contributed by atoms with Crippen LogP contribution in [0.4, 0.5) is 0 Å². The quantitative estimate of drug-likeness (QED) is 0.710. The molecule has 2 aromatic heterocycles. The van der Waals surface area contributed by atoms with E-state index in [2.05, 4.69) is 34.3 Å². The van der Waals surface area contributed by atoms with E-state index in [-0.39, 0.29) is 11.5 Å². The summed E-state index contributed by atoms with van der Waals surface area (Å²) in [5.41, 5.74) is 1.27. The number of aromatic amines is 1. The van der Waals surface area contributed by atoms with Gasteiger partial charge in [-0.1, -0.05) is 32.0 Å². The predicted octanol–water partition coefficient (Wildman–Crippen LogP) is 2.20. The molecule has 0 bridgehead atoms. The van der Waals surface area contributed by atoms with Crippen molar-refractivity contribution in [3.05, 3.63) is 58.5 Å². The van der Waals surface area contributed by atoms with Gasteiger partial charge in [0, 0.05) is 18.1 Å². The van der Waals surface area contributed by atoms with Crippen molar-refractivity contribution in [3.63, 3.8) is 0 Å². The summed E-state index contributed by atoms with van der Waals surface area (Å²) < 4.78 is 2.04. The lowest BCUT2D eigenvalue weighted by atomic mass is 10.0. The summed E-state index contributed by atoms with van der Waals surface area (Å²) in [6.45, 7) is 7.31. The van der Waals surface area contributed by atoms with Gasteiger partial charge in [0.15, 0.2) is 0 Å². The molecule has 3 aromatic rings. The summed E-state index contributed by atoms with van der Waals surface area (Å²) in [6, 6.07) is 7.17. The van der Waals surface area contributed by atoms with Crippen molar-refractivity contribution in [3.8, 4) is 0 Å². The molecular weight excluding hydrogens is 330 g/mol. The number of aromatic nitrogens is 4. The van der Waals surface area contributed by atoms with Gasteiger partial charge < -0.3 is 9.88 Å². The van der Waals surface area contributed by atoms with Gasteiger partial charge >= 0.3 is 0 Å². The highest BCUT2D eigenvalue weighted by Crippen LogP contribution is 2.21. The monoisotopic (exact) mass is 353 g/mol. The summed E-state index contributed by atoms with van der Waals surface area (Å²) in [5.74, 6) is -0.139. The van der Waals surface area contributed by atoms with E-state index in [4.69, 9.17) is 0 Å². The maximum Gasteiger partial charge on any atom is 0.272 e. The molecule has 1 aromatic carbocycles. The molecule has 1 atom stereocenters. The average Bonchev–Trinajstić information content (AvgIpc) is 3.06. The lowest BCUT2D eigenvalue weighted by Crippen LogP contribution is -2.29. The number of carbonyl (C=O) groups is 1. The summed E-state index contributed by atoms with van der Waals surface area (Å²) >= 11 is 0. The fourth-order valence-corrected chi connectivity index (χ4v) is 2.97. The van der Waals surface area contributed by atoms with Gasteiger partial charge in [-0.3, -0.25) is 9.59 Å². The standard InChI is InChI=1S/C19H23N5O2/c1-12(2)10-24-11-20-8-14(24)9-21-18(25)13(3)17-15-6-4-5-7-16(15)19(26)23-22-17/h4-8,11-13H,9-10H2,1-3H3,(H,21,25)(H,23,26)/t13-/m1/s1. The van der Waals surface area contributed by atoms with Gasteiger partial charge in [-0.25, -0.2) is 10.1 Å². The van der Waals surface area contributed by atoms with Crippen LogP contribution in [0.1, 0.15) is 38.1 Å². The minimum absolute atomic E-state index is 0.146. The van der Waals surface area contributed by atoms with Crippen LogP contribution in [0, 0.1) is 5.92 Å². The lowest BCUT2D eigenvalue weighted by Gasteiger charge is -2.15. The Hall–Kier alpha value is -2.96. The van der Waals surface area contributed by atoms with Gasteiger partial charge in [-0.05, 0) is 18.9 Å². The molecular formula is C19H23N5O2. The molecule has 1 amide bonds. The van der Waals surface area contributed by atoms with Crippen LogP contribution in [0.25, 0.3) is 10.8 Å². The van der Waals surface area contributed by atoms with Crippen molar-refractivity contribution < 1.29 is 4.79 Å². The SMILES string of the molecule is CC(C)Cn1cncc1CNC(=O)[C@H](C)c1n[nH]c(=O)c2ccccc12. The highest BCUT2D eigenvalue weighted by Gasteiger charge is 2.20. The Morgan fingerprint density at radius 3 is 2.69 bits per heavy atom. The minimum atomic E-state index is -0.488. The van der Waals surface area contributed by atoms with Crippen LogP contribution in [0.3, 0.4) is 0 Å². The van der Waals surface area contributed by atoms with Crippen molar-refractivity contribution in [2.45, 2.75) is 39.8 Å². The maximum absolute atomic E-state index is 12.6. The number of rotatable bonds is 6. The van der Waals surface area contributed by atoms with Gasteiger partial charge in [0.2, 0.25) is 5.91 Å². The van der Waals surface area contributed by atoms with Gasteiger partial charge in [0.05, 0.1) is 35.6 Å². The highest BCUT2D eigenvalue weighted by atomic mass is 16.2. The average molecular weight is 353 g/mol. The Kier molecular flexibility index (Phi) is 5.16. The minimum Gasteiger partial charge on any atom is -0.350 e. The molecule has 2 heterocycles. The zero-order valence-corrected chi connectivity index (χ0v) is 15.2. The zero-order chi connectivity index (χ0) is 18.7. The molecule has 0 fully saturated rings. The number of hydrogen-bond donors (Lipinski definition) is 2. The van der Waals surface area contributed by atoms with Crippen LogP contribution >= 0.6 is 0 Å². The fourth-order valence-electron chi connectivity index (χ4n) is 2.97. The van der Waals surface area contributed by atoms with Gasteiger partial charge in [-0.2, -0.15) is 5.10 Å². The number of carbonyl (C=O) groups excluding carboxylic acids is 1. The van der Waals surface area contributed by atoms with E-state index in [1.807, 2.05) is 16.7 Å². The Balaban J connectivity index is 1.76. The van der Waals surface area contributed by atoms with E-state index in [9.17, 15) is 9.59 Å². The molecule has 136 valence electrons. The number of nitrogens with one attached hydrogen (secondary N) is 2. The first kappa shape index (κ1) is 17.8. The zero-order valence-electron chi connectivity index (χ0n) is 15.2. The van der Waals surface area contributed by atoms with Crippen molar-refractivity contribution in [2.24, 2.45) is 5.92 Å². The molecule has 3 rings (SSSR count). The molecule has 0 radical (unpaired) electrons. The third kappa shape index (κ3) is 3.66. The number of imidazole rings is 1. The number of H-pyrrole nitrogens is 1. The Morgan fingerprint density at radius 2 is 1.96 bits per heavy atom. The third-order valence-corrected chi connectivity index (χ3v) is 4.33. The molecule has 0 aliphatic carbocycles. The number of hydrogen-bond acceptors (Lipinski definition) is 4. The molecule has 0 saturated carbocycles.